The predicted molar refractivity (Wildman–Crippen MR) is 113 cm³/mol. The number of hydrogen-bond acceptors (Lipinski definition) is 5. The van der Waals surface area contributed by atoms with Crippen LogP contribution in [0.15, 0.2) is 39.9 Å². The molecule has 1 aromatic heterocycles. The van der Waals surface area contributed by atoms with Crippen molar-refractivity contribution in [2.24, 2.45) is 11.0 Å². The Morgan fingerprint density at radius 1 is 1.31 bits per heavy atom. The Bertz CT molecular complexity index is 913. The van der Waals surface area contributed by atoms with Gasteiger partial charge >= 0.3 is 0 Å². The maximum absolute atomic E-state index is 12.4. The number of halogens is 2. The highest BCUT2D eigenvalue weighted by Gasteiger charge is 2.26. The van der Waals surface area contributed by atoms with E-state index in [0.29, 0.717) is 28.0 Å². The third-order valence-electron chi connectivity index (χ3n) is 4.57. The Morgan fingerprint density at radius 2 is 2.14 bits per heavy atom. The summed E-state index contributed by atoms with van der Waals surface area (Å²) in [6.07, 6.45) is 3.04. The second-order valence-electron chi connectivity index (χ2n) is 6.93. The summed E-state index contributed by atoms with van der Waals surface area (Å²) in [5, 5.41) is 7.62. The third kappa shape index (κ3) is 6.32. The summed E-state index contributed by atoms with van der Waals surface area (Å²) in [4.78, 5) is 26.7. The van der Waals surface area contributed by atoms with Gasteiger partial charge in [0.2, 0.25) is 11.8 Å². The van der Waals surface area contributed by atoms with E-state index in [4.69, 9.17) is 27.6 Å². The molecular formula is C20H22Cl2N4O3. The van der Waals surface area contributed by atoms with Crippen molar-refractivity contribution in [3.63, 3.8) is 0 Å². The summed E-state index contributed by atoms with van der Waals surface area (Å²) >= 11 is 12.0. The van der Waals surface area contributed by atoms with E-state index in [2.05, 4.69) is 15.8 Å². The van der Waals surface area contributed by atoms with Crippen LogP contribution in [0.25, 0.3) is 0 Å². The van der Waals surface area contributed by atoms with Gasteiger partial charge in [0, 0.05) is 11.6 Å². The molecule has 0 aliphatic carbocycles. The van der Waals surface area contributed by atoms with Crippen molar-refractivity contribution in [3.05, 3.63) is 51.9 Å². The molecule has 1 aromatic carbocycles. The number of hydrogen-bond donors (Lipinski definition) is 2. The Kier molecular flexibility index (Phi) is 7.30. The fraction of sp³-hybridized carbons (Fsp3) is 0.350. The van der Waals surface area contributed by atoms with Gasteiger partial charge in [0.25, 0.3) is 0 Å². The zero-order chi connectivity index (χ0) is 20.8. The highest BCUT2D eigenvalue weighted by molar-refractivity contribution is 6.35. The van der Waals surface area contributed by atoms with Gasteiger partial charge in [-0.1, -0.05) is 23.2 Å². The number of anilines is 1. The number of hydrazone groups is 1. The molecule has 2 N–H and O–H groups in total. The molecule has 1 fully saturated rings. The molecule has 1 aliphatic rings. The fourth-order valence-electron chi connectivity index (χ4n) is 3.17. The van der Waals surface area contributed by atoms with Gasteiger partial charge in [0.15, 0.2) is 0 Å². The number of carbonyl (C=O) groups is 2. The van der Waals surface area contributed by atoms with Crippen molar-refractivity contribution in [2.45, 2.75) is 19.8 Å². The Labute approximate surface area is 179 Å². The van der Waals surface area contributed by atoms with Gasteiger partial charge in [0.1, 0.15) is 11.5 Å². The van der Waals surface area contributed by atoms with Gasteiger partial charge in [-0.05, 0) is 56.6 Å². The van der Waals surface area contributed by atoms with Crippen LogP contribution < -0.4 is 10.7 Å². The molecule has 1 atom stereocenters. The van der Waals surface area contributed by atoms with Crippen molar-refractivity contribution in [1.82, 2.24) is 10.3 Å². The molecule has 2 amide bonds. The summed E-state index contributed by atoms with van der Waals surface area (Å²) in [6.45, 7) is 3.23. The SMILES string of the molecule is Cc1ccc(C=NNC(=O)C2CCCN(CC(=O)Nc3cc(Cl)ccc3Cl)C2)o1. The standard InChI is InChI=1S/C20H22Cl2N4O3/c1-13-4-6-16(29-13)10-23-25-20(28)14-3-2-8-26(11-14)12-19(27)24-18-9-15(21)5-7-17(18)22/h4-7,9-10,14H,2-3,8,11-12H2,1H3,(H,24,27)(H,25,28). The van der Waals surface area contributed by atoms with Crippen molar-refractivity contribution in [1.29, 1.82) is 0 Å². The molecule has 9 heteroatoms. The lowest BCUT2D eigenvalue weighted by atomic mass is 9.97. The first-order valence-corrected chi connectivity index (χ1v) is 10.0. The second-order valence-corrected chi connectivity index (χ2v) is 7.77. The van der Waals surface area contributed by atoms with Crippen LogP contribution >= 0.6 is 23.2 Å². The number of furan rings is 1. The summed E-state index contributed by atoms with van der Waals surface area (Å²) in [7, 11) is 0. The smallest absolute Gasteiger partial charge is 0.244 e. The van der Waals surface area contributed by atoms with E-state index in [0.717, 1.165) is 25.1 Å². The van der Waals surface area contributed by atoms with Crippen LogP contribution in [0.1, 0.15) is 24.4 Å². The molecule has 2 aromatic rings. The van der Waals surface area contributed by atoms with Crippen molar-refractivity contribution in [2.75, 3.05) is 25.0 Å². The van der Waals surface area contributed by atoms with E-state index in [-0.39, 0.29) is 24.3 Å². The number of aryl methyl sites for hydroxylation is 1. The van der Waals surface area contributed by atoms with Crippen LogP contribution in [0, 0.1) is 12.8 Å². The summed E-state index contributed by atoms with van der Waals surface area (Å²) in [6, 6.07) is 8.49. The largest absolute Gasteiger partial charge is 0.460 e. The average Bonchev–Trinajstić information content (AvgIpc) is 3.10. The monoisotopic (exact) mass is 436 g/mol. The minimum Gasteiger partial charge on any atom is -0.460 e. The number of likely N-dealkylation sites (tertiary alicyclic amines) is 1. The number of nitrogens with zero attached hydrogens (tertiary/aromatic N) is 2. The molecule has 0 radical (unpaired) electrons. The van der Waals surface area contributed by atoms with Gasteiger partial charge in [-0.3, -0.25) is 14.5 Å². The van der Waals surface area contributed by atoms with E-state index in [1.807, 2.05) is 17.9 Å². The number of amides is 2. The summed E-state index contributed by atoms with van der Waals surface area (Å²) in [5.74, 6) is 0.734. The van der Waals surface area contributed by atoms with Crippen molar-refractivity contribution >= 4 is 46.9 Å². The highest BCUT2D eigenvalue weighted by atomic mass is 35.5. The Morgan fingerprint density at radius 3 is 2.90 bits per heavy atom. The van der Waals surface area contributed by atoms with E-state index in [1.54, 1.807) is 24.3 Å². The van der Waals surface area contributed by atoms with Crippen LogP contribution in [0.3, 0.4) is 0 Å². The quantitative estimate of drug-likeness (QED) is 0.533. The third-order valence-corrected chi connectivity index (χ3v) is 5.14. The van der Waals surface area contributed by atoms with Gasteiger partial charge < -0.3 is 9.73 Å². The molecule has 7 nitrogen and oxygen atoms in total. The number of nitrogens with one attached hydrogen (secondary N) is 2. The molecule has 0 spiro atoms. The lowest BCUT2D eigenvalue weighted by Gasteiger charge is -2.31. The van der Waals surface area contributed by atoms with Gasteiger partial charge in [-0.25, -0.2) is 5.43 Å². The molecule has 1 aliphatic heterocycles. The first-order chi connectivity index (χ1) is 13.9. The average molecular weight is 437 g/mol. The highest BCUT2D eigenvalue weighted by Crippen LogP contribution is 2.25. The van der Waals surface area contributed by atoms with Gasteiger partial charge in [0.05, 0.1) is 29.4 Å². The molecular weight excluding hydrogens is 415 g/mol. The second kappa shape index (κ2) is 9.91. The van der Waals surface area contributed by atoms with E-state index >= 15 is 0 Å². The molecule has 0 bridgehead atoms. The molecule has 1 saturated heterocycles. The molecule has 154 valence electrons. The zero-order valence-corrected chi connectivity index (χ0v) is 17.5. The van der Waals surface area contributed by atoms with E-state index in [1.165, 1.54) is 6.21 Å². The van der Waals surface area contributed by atoms with Gasteiger partial charge in [-0.2, -0.15) is 5.10 Å². The maximum atomic E-state index is 12.4. The number of benzene rings is 1. The van der Waals surface area contributed by atoms with Crippen LogP contribution in [0.4, 0.5) is 5.69 Å². The summed E-state index contributed by atoms with van der Waals surface area (Å²) in [5.41, 5.74) is 3.02. The van der Waals surface area contributed by atoms with Crippen LogP contribution in [0.5, 0.6) is 0 Å². The van der Waals surface area contributed by atoms with Crippen molar-refractivity contribution < 1.29 is 14.0 Å². The lowest BCUT2D eigenvalue weighted by Crippen LogP contribution is -2.44. The van der Waals surface area contributed by atoms with Crippen LogP contribution in [0.2, 0.25) is 10.0 Å². The predicted octanol–water partition coefficient (Wildman–Crippen LogP) is 3.70. The first kappa shape index (κ1) is 21.4. The number of carbonyl (C=O) groups excluding carboxylic acids is 2. The van der Waals surface area contributed by atoms with Gasteiger partial charge in [-0.15, -0.1) is 0 Å². The van der Waals surface area contributed by atoms with E-state index in [9.17, 15) is 9.59 Å². The van der Waals surface area contributed by atoms with Crippen LogP contribution in [-0.4, -0.2) is 42.6 Å². The fourth-order valence-corrected chi connectivity index (χ4v) is 3.51. The lowest BCUT2D eigenvalue weighted by molar-refractivity contribution is -0.127. The normalized spacial score (nSPS) is 17.4. The Hall–Kier alpha value is -2.35. The Balaban J connectivity index is 1.49. The zero-order valence-electron chi connectivity index (χ0n) is 16.0. The molecule has 1 unspecified atom stereocenters. The number of rotatable bonds is 6. The topological polar surface area (TPSA) is 86.9 Å². The van der Waals surface area contributed by atoms with E-state index < -0.39 is 0 Å². The minimum absolute atomic E-state index is 0.168. The summed E-state index contributed by atoms with van der Waals surface area (Å²) < 4.78 is 5.37. The molecule has 3 rings (SSSR count). The maximum Gasteiger partial charge on any atom is 0.244 e. The van der Waals surface area contributed by atoms with Crippen LogP contribution in [-0.2, 0) is 9.59 Å². The molecule has 0 saturated carbocycles. The first-order valence-electron chi connectivity index (χ1n) is 9.27. The molecule has 2 heterocycles. The number of piperidine rings is 1. The van der Waals surface area contributed by atoms with Crippen molar-refractivity contribution in [3.8, 4) is 0 Å². The molecule has 29 heavy (non-hydrogen) atoms. The minimum atomic E-state index is -0.234.